The predicted octanol–water partition coefficient (Wildman–Crippen LogP) is 1.46. The van der Waals surface area contributed by atoms with E-state index in [1.807, 2.05) is 0 Å². The molecule has 104 valence electrons. The quantitative estimate of drug-likeness (QED) is 0.766. The normalized spacial score (nSPS) is 18.3. The van der Waals surface area contributed by atoms with E-state index in [2.05, 4.69) is 10.6 Å². The minimum atomic E-state index is -0.325. The summed E-state index contributed by atoms with van der Waals surface area (Å²) in [5.41, 5.74) is 0. The molecule has 2 N–H and O–H groups in total. The zero-order chi connectivity index (χ0) is 13.5. The number of benzene rings is 1. The number of ether oxygens (including phenoxy) is 1. The average Bonchev–Trinajstić information content (AvgIpc) is 2.87. The fraction of sp³-hybridized carbons (Fsp3) is 0.500. The fourth-order valence-electron chi connectivity index (χ4n) is 2.14. The van der Waals surface area contributed by atoms with E-state index in [9.17, 15) is 9.18 Å². The summed E-state index contributed by atoms with van der Waals surface area (Å²) >= 11 is 0. The van der Waals surface area contributed by atoms with E-state index in [1.165, 1.54) is 12.1 Å². The Morgan fingerprint density at radius 2 is 2.42 bits per heavy atom. The molecule has 1 heterocycles. The minimum absolute atomic E-state index is 0.0299. The molecule has 1 fully saturated rings. The van der Waals surface area contributed by atoms with Crippen LogP contribution in [0, 0.1) is 5.82 Å². The molecule has 1 aromatic carbocycles. The third-order valence-electron chi connectivity index (χ3n) is 3.08. The Labute approximate surface area is 112 Å². The molecule has 0 bridgehead atoms. The fourth-order valence-corrected chi connectivity index (χ4v) is 2.14. The van der Waals surface area contributed by atoms with Gasteiger partial charge in [0.15, 0.2) is 0 Å². The maximum atomic E-state index is 12.9. The van der Waals surface area contributed by atoms with Crippen molar-refractivity contribution in [3.63, 3.8) is 0 Å². The Bertz CT molecular complexity index is 420. The van der Waals surface area contributed by atoms with Gasteiger partial charge in [-0.05, 0) is 31.5 Å². The molecule has 0 spiro atoms. The van der Waals surface area contributed by atoms with Gasteiger partial charge in [-0.15, -0.1) is 0 Å². The van der Waals surface area contributed by atoms with Crippen LogP contribution in [0.15, 0.2) is 24.3 Å². The summed E-state index contributed by atoms with van der Waals surface area (Å²) in [4.78, 5) is 11.6. The summed E-state index contributed by atoms with van der Waals surface area (Å²) < 4.78 is 18.2. The van der Waals surface area contributed by atoms with Crippen LogP contribution in [-0.4, -0.2) is 31.6 Å². The monoisotopic (exact) mass is 266 g/mol. The first-order valence-corrected chi connectivity index (χ1v) is 6.62. The summed E-state index contributed by atoms with van der Waals surface area (Å²) in [5, 5.41) is 6.07. The lowest BCUT2D eigenvalue weighted by molar-refractivity contribution is -0.121. The van der Waals surface area contributed by atoms with Crippen molar-refractivity contribution in [2.75, 3.05) is 19.7 Å². The highest BCUT2D eigenvalue weighted by Crippen LogP contribution is 2.11. The molecule has 0 aliphatic carbocycles. The maximum absolute atomic E-state index is 12.9. The molecular formula is C14H19FN2O2. The van der Waals surface area contributed by atoms with Gasteiger partial charge < -0.3 is 15.4 Å². The van der Waals surface area contributed by atoms with E-state index in [1.54, 1.807) is 12.1 Å². The highest BCUT2D eigenvalue weighted by atomic mass is 19.1. The van der Waals surface area contributed by atoms with Crippen molar-refractivity contribution < 1.29 is 13.9 Å². The van der Waals surface area contributed by atoms with Gasteiger partial charge in [0.2, 0.25) is 5.91 Å². The first-order valence-electron chi connectivity index (χ1n) is 6.62. The van der Waals surface area contributed by atoms with E-state index in [0.29, 0.717) is 31.4 Å². The SMILES string of the molecule is O=C(CC1CCCN1)NCCOc1cccc(F)c1. The lowest BCUT2D eigenvalue weighted by atomic mass is 10.1. The predicted molar refractivity (Wildman–Crippen MR) is 70.5 cm³/mol. The van der Waals surface area contributed by atoms with Crippen molar-refractivity contribution in [3.05, 3.63) is 30.1 Å². The highest BCUT2D eigenvalue weighted by molar-refractivity contribution is 5.76. The highest BCUT2D eigenvalue weighted by Gasteiger charge is 2.17. The lowest BCUT2D eigenvalue weighted by Gasteiger charge is -2.11. The molecule has 1 aromatic rings. The number of halogens is 1. The molecule has 1 saturated heterocycles. The standard InChI is InChI=1S/C14H19FN2O2/c15-11-3-1-5-13(9-11)19-8-7-17-14(18)10-12-4-2-6-16-12/h1,3,5,9,12,16H,2,4,6-8,10H2,(H,17,18). The Kier molecular flexibility index (Phi) is 5.15. The van der Waals surface area contributed by atoms with E-state index in [0.717, 1.165) is 19.4 Å². The molecule has 0 saturated carbocycles. The van der Waals surface area contributed by atoms with Crippen LogP contribution in [0.4, 0.5) is 4.39 Å². The summed E-state index contributed by atoms with van der Waals surface area (Å²) in [6, 6.07) is 6.28. The molecular weight excluding hydrogens is 247 g/mol. The molecule has 1 unspecified atom stereocenters. The number of amides is 1. The van der Waals surface area contributed by atoms with Gasteiger partial charge in [0.1, 0.15) is 18.2 Å². The zero-order valence-electron chi connectivity index (χ0n) is 10.8. The lowest BCUT2D eigenvalue weighted by Crippen LogP contribution is -2.33. The second kappa shape index (κ2) is 7.09. The van der Waals surface area contributed by atoms with Crippen LogP contribution in [0.25, 0.3) is 0 Å². The zero-order valence-corrected chi connectivity index (χ0v) is 10.8. The van der Waals surface area contributed by atoms with Crippen molar-refractivity contribution in [1.29, 1.82) is 0 Å². The molecule has 2 rings (SSSR count). The van der Waals surface area contributed by atoms with Gasteiger partial charge in [-0.1, -0.05) is 6.07 Å². The van der Waals surface area contributed by atoms with Crippen LogP contribution in [0.1, 0.15) is 19.3 Å². The average molecular weight is 266 g/mol. The molecule has 5 heteroatoms. The number of carbonyl (C=O) groups is 1. The van der Waals surface area contributed by atoms with Gasteiger partial charge in [-0.25, -0.2) is 4.39 Å². The summed E-state index contributed by atoms with van der Waals surface area (Å²) in [6.45, 7) is 1.77. The van der Waals surface area contributed by atoms with Crippen LogP contribution < -0.4 is 15.4 Å². The van der Waals surface area contributed by atoms with E-state index >= 15 is 0 Å². The van der Waals surface area contributed by atoms with Crippen molar-refractivity contribution in [1.82, 2.24) is 10.6 Å². The Morgan fingerprint density at radius 1 is 1.53 bits per heavy atom. The molecule has 1 aliphatic heterocycles. The van der Waals surface area contributed by atoms with Gasteiger partial charge in [-0.2, -0.15) is 0 Å². The largest absolute Gasteiger partial charge is 0.492 e. The maximum Gasteiger partial charge on any atom is 0.221 e. The van der Waals surface area contributed by atoms with Crippen LogP contribution >= 0.6 is 0 Å². The minimum Gasteiger partial charge on any atom is -0.492 e. The summed E-state index contributed by atoms with van der Waals surface area (Å²) in [5.74, 6) is 0.183. The van der Waals surface area contributed by atoms with E-state index in [-0.39, 0.29) is 11.7 Å². The third-order valence-corrected chi connectivity index (χ3v) is 3.08. The smallest absolute Gasteiger partial charge is 0.221 e. The van der Waals surface area contributed by atoms with Crippen LogP contribution in [0.2, 0.25) is 0 Å². The van der Waals surface area contributed by atoms with Crippen LogP contribution in [0.3, 0.4) is 0 Å². The Balaban J connectivity index is 1.59. The molecule has 1 amide bonds. The van der Waals surface area contributed by atoms with Gasteiger partial charge in [0.25, 0.3) is 0 Å². The second-order valence-corrected chi connectivity index (χ2v) is 4.65. The van der Waals surface area contributed by atoms with Crippen molar-refractivity contribution in [3.8, 4) is 5.75 Å². The Hall–Kier alpha value is -1.62. The van der Waals surface area contributed by atoms with Crippen LogP contribution in [0.5, 0.6) is 5.75 Å². The van der Waals surface area contributed by atoms with Crippen molar-refractivity contribution in [2.45, 2.75) is 25.3 Å². The second-order valence-electron chi connectivity index (χ2n) is 4.65. The van der Waals surface area contributed by atoms with Gasteiger partial charge in [0, 0.05) is 18.5 Å². The number of carbonyl (C=O) groups excluding carboxylic acids is 1. The van der Waals surface area contributed by atoms with Gasteiger partial charge in [0.05, 0.1) is 6.54 Å². The first kappa shape index (κ1) is 13.8. The third kappa shape index (κ3) is 4.87. The summed E-state index contributed by atoms with van der Waals surface area (Å²) in [6.07, 6.45) is 2.72. The molecule has 1 aliphatic rings. The molecule has 19 heavy (non-hydrogen) atoms. The van der Waals surface area contributed by atoms with Crippen LogP contribution in [-0.2, 0) is 4.79 Å². The molecule has 1 atom stereocenters. The van der Waals surface area contributed by atoms with Crippen molar-refractivity contribution >= 4 is 5.91 Å². The van der Waals surface area contributed by atoms with Gasteiger partial charge >= 0.3 is 0 Å². The number of hydrogen-bond acceptors (Lipinski definition) is 3. The topological polar surface area (TPSA) is 50.4 Å². The molecule has 0 aromatic heterocycles. The number of hydrogen-bond donors (Lipinski definition) is 2. The number of rotatable bonds is 6. The van der Waals surface area contributed by atoms with Crippen molar-refractivity contribution in [2.24, 2.45) is 0 Å². The molecule has 0 radical (unpaired) electrons. The van der Waals surface area contributed by atoms with E-state index in [4.69, 9.17) is 4.74 Å². The van der Waals surface area contributed by atoms with E-state index < -0.39 is 0 Å². The summed E-state index contributed by atoms with van der Waals surface area (Å²) in [7, 11) is 0. The van der Waals surface area contributed by atoms with Gasteiger partial charge in [-0.3, -0.25) is 4.79 Å². The Morgan fingerprint density at radius 3 is 3.16 bits per heavy atom. The molecule has 4 nitrogen and oxygen atoms in total. The number of nitrogens with one attached hydrogen (secondary N) is 2. The first-order chi connectivity index (χ1) is 9.24.